The average Bonchev–Trinajstić information content (AvgIpc) is 0.816. The van der Waals surface area contributed by atoms with Crippen LogP contribution >= 0.6 is 0 Å². The Hall–Kier alpha value is -16.7. The maximum atomic E-state index is 4.95. The standard InChI is InChI=1S/3C25H22N2.2C22H19N5/c1-17-4-9-20(10-5-17)23-14-24(21-11-6-18(2)7-12-21)27-25(15-23)22-13-8-19(3)26-16-22;1-17-4-9-20(10-5-17)24-14-22(23-13-8-19(3)16-26-23)15-25(27-24)21-11-6-18(2)7-12-21;1-17-4-9-20(10-5-17)22-14-24(21-11-6-18(2)7-12-21)27-25(15-22)23-13-8-19(3)16-26-23;1-14-4-6-17(7-5-14)19-8-18(21-23-10-15(2)11-24-21)9-20(27-19)22-25-12-16(3)13-26-22;1-14-4-6-17(7-5-14)18-8-19(21-23-10-15(2)11-24-21)27-20(9-18)22-25-12-16(3)13-26-22/h3*4-16H,1-3H3;2*4-13H,1-3H3. The van der Waals surface area contributed by atoms with E-state index in [1.54, 1.807) is 37.2 Å². The van der Waals surface area contributed by atoms with Gasteiger partial charge in [-0.05, 0) is 256 Å². The summed E-state index contributed by atoms with van der Waals surface area (Å²) >= 11 is 0. The first kappa shape index (κ1) is 91.6. The zero-order valence-electron chi connectivity index (χ0n) is 78.7. The largest absolute Gasteiger partial charge is 0.261 e. The molecular formula is C119H104N16. The molecule has 0 saturated heterocycles. The van der Waals surface area contributed by atoms with E-state index in [-0.39, 0.29) is 0 Å². The summed E-state index contributed by atoms with van der Waals surface area (Å²) in [5.74, 6) is 2.42. The number of aryl methyl sites for hydroxylation is 15. The predicted octanol–water partition coefficient (Wildman–Crippen LogP) is 28.4. The molecule has 16 heteroatoms. The molecule has 20 aromatic rings. The van der Waals surface area contributed by atoms with Crippen LogP contribution in [0, 0.1) is 104 Å². The van der Waals surface area contributed by atoms with Crippen LogP contribution in [0.25, 0.3) is 170 Å². The fourth-order valence-corrected chi connectivity index (χ4v) is 14.6. The van der Waals surface area contributed by atoms with Gasteiger partial charge in [-0.15, -0.1) is 0 Å². The highest BCUT2D eigenvalue weighted by Crippen LogP contribution is 2.37. The molecule has 0 aliphatic heterocycles. The van der Waals surface area contributed by atoms with Crippen LogP contribution in [0.3, 0.4) is 0 Å². The van der Waals surface area contributed by atoms with Crippen molar-refractivity contribution in [3.05, 3.63) is 443 Å². The Kier molecular flexibility index (Phi) is 28.8. The molecule has 660 valence electrons. The molecule has 0 saturated carbocycles. The molecule has 0 N–H and O–H groups in total. The lowest BCUT2D eigenvalue weighted by Gasteiger charge is -2.11. The topological polar surface area (TPSA) is 206 Å². The lowest BCUT2D eigenvalue weighted by atomic mass is 9.99. The van der Waals surface area contributed by atoms with E-state index in [4.69, 9.17) is 24.9 Å². The summed E-state index contributed by atoms with van der Waals surface area (Å²) in [4.78, 5) is 73.5. The molecule has 0 aliphatic rings. The highest BCUT2D eigenvalue weighted by molar-refractivity contribution is 5.81. The van der Waals surface area contributed by atoms with E-state index in [0.717, 1.165) is 157 Å². The number of nitrogens with zero attached hydrogens (tertiary/aromatic N) is 16. The van der Waals surface area contributed by atoms with Crippen LogP contribution in [-0.2, 0) is 0 Å². The molecule has 0 radical (unpaired) electrons. The Morgan fingerprint density at radius 2 is 0.319 bits per heavy atom. The van der Waals surface area contributed by atoms with Gasteiger partial charge in [-0.3, -0.25) is 15.0 Å². The molecule has 0 unspecified atom stereocenters. The predicted molar refractivity (Wildman–Crippen MR) is 550 cm³/mol. The Balaban J connectivity index is 0.000000123. The Bertz CT molecular complexity index is 5600. The van der Waals surface area contributed by atoms with Crippen molar-refractivity contribution in [2.24, 2.45) is 0 Å². The highest BCUT2D eigenvalue weighted by Gasteiger charge is 2.19. The van der Waals surface area contributed by atoms with E-state index >= 15 is 0 Å². The third kappa shape index (κ3) is 24.3. The first-order valence-corrected chi connectivity index (χ1v) is 45.0. The Morgan fingerprint density at radius 1 is 0.111 bits per heavy atom. The molecule has 0 atom stereocenters. The van der Waals surface area contributed by atoms with Gasteiger partial charge in [0.05, 0.1) is 51.2 Å². The number of hydrogen-bond acceptors (Lipinski definition) is 16. The first-order chi connectivity index (χ1) is 65.4. The van der Waals surface area contributed by atoms with Crippen molar-refractivity contribution in [3.8, 4) is 170 Å². The van der Waals surface area contributed by atoms with Crippen molar-refractivity contribution in [2.45, 2.75) is 104 Å². The van der Waals surface area contributed by atoms with E-state index in [9.17, 15) is 0 Å². The van der Waals surface area contributed by atoms with E-state index in [1.165, 1.54) is 55.6 Å². The summed E-state index contributed by atoms with van der Waals surface area (Å²) in [6.07, 6.45) is 20.1. The summed E-state index contributed by atoms with van der Waals surface area (Å²) in [7, 11) is 0. The van der Waals surface area contributed by atoms with Gasteiger partial charge < -0.3 is 0 Å². The van der Waals surface area contributed by atoms with Gasteiger partial charge in [-0.1, -0.05) is 251 Å². The summed E-state index contributed by atoms with van der Waals surface area (Å²) in [5.41, 5.74) is 43.1. The van der Waals surface area contributed by atoms with Crippen molar-refractivity contribution in [3.63, 3.8) is 0 Å². The highest BCUT2D eigenvalue weighted by atomic mass is 15.0. The van der Waals surface area contributed by atoms with Gasteiger partial charge in [0.15, 0.2) is 23.3 Å². The molecule has 0 fully saturated rings. The second kappa shape index (κ2) is 42.4. The molecule has 16 nitrogen and oxygen atoms in total. The fraction of sp³-hybridized carbons (Fsp3) is 0.126. The zero-order chi connectivity index (χ0) is 94.0. The second-order valence-corrected chi connectivity index (χ2v) is 34.5. The lowest BCUT2D eigenvalue weighted by Crippen LogP contribution is -1.98. The first-order valence-electron chi connectivity index (χ1n) is 45.0. The second-order valence-electron chi connectivity index (χ2n) is 34.5. The SMILES string of the molecule is Cc1ccc(-c2cc(-c3ccc(C)cc3)nc(-c3ccc(C)cn3)c2)cc1.Cc1ccc(-c2cc(-c3ccc(C)cc3)nc(-c3ccc(C)nc3)c2)cc1.Cc1ccc(-c2cc(-c3ccc(C)cn3)cc(-c3ccc(C)cc3)n2)cc1.Cc1ccc(-c2cc(-c3ncc(C)cn3)cc(-c3ncc(C)cn3)n2)cc1.Cc1ccc(-c2cc(-c3ncc(C)cn3)nc(-c3ncc(C)cn3)c2)cc1. The third-order valence-corrected chi connectivity index (χ3v) is 22.7. The summed E-state index contributed by atoms with van der Waals surface area (Å²) in [5, 5.41) is 0. The minimum atomic E-state index is 0.586. The van der Waals surface area contributed by atoms with Crippen molar-refractivity contribution >= 4 is 0 Å². The van der Waals surface area contributed by atoms with Crippen molar-refractivity contribution < 1.29 is 0 Å². The van der Waals surface area contributed by atoms with Crippen LogP contribution in [0.5, 0.6) is 0 Å². The molecule has 8 aromatic carbocycles. The number of pyridine rings is 8. The lowest BCUT2D eigenvalue weighted by molar-refractivity contribution is 1.09. The smallest absolute Gasteiger partial charge is 0.178 e. The van der Waals surface area contributed by atoms with E-state index in [2.05, 4.69) is 372 Å². The molecule has 0 bridgehead atoms. The monoisotopic (exact) mass is 1760 g/mol. The van der Waals surface area contributed by atoms with Crippen LogP contribution in [0.2, 0.25) is 0 Å². The van der Waals surface area contributed by atoms with Gasteiger partial charge in [-0.2, -0.15) is 0 Å². The summed E-state index contributed by atoms with van der Waals surface area (Å²) < 4.78 is 0. The van der Waals surface area contributed by atoms with Gasteiger partial charge in [0.25, 0.3) is 0 Å². The van der Waals surface area contributed by atoms with Crippen LogP contribution in [0.15, 0.2) is 359 Å². The molecule has 0 amide bonds. The quantitative estimate of drug-likeness (QED) is 0.0935. The molecule has 12 aromatic heterocycles. The normalized spacial score (nSPS) is 10.8. The van der Waals surface area contributed by atoms with Crippen molar-refractivity contribution in [1.82, 2.24) is 79.7 Å². The third-order valence-electron chi connectivity index (χ3n) is 22.7. The van der Waals surface area contributed by atoms with Crippen LogP contribution in [0.1, 0.15) is 83.6 Å². The number of hydrogen-bond donors (Lipinski definition) is 0. The van der Waals surface area contributed by atoms with Crippen LogP contribution in [0.4, 0.5) is 0 Å². The van der Waals surface area contributed by atoms with Crippen molar-refractivity contribution in [1.29, 1.82) is 0 Å². The van der Waals surface area contributed by atoms with Crippen molar-refractivity contribution in [2.75, 3.05) is 0 Å². The van der Waals surface area contributed by atoms with Gasteiger partial charge in [0, 0.05) is 118 Å². The molecule has 20 rings (SSSR count). The van der Waals surface area contributed by atoms with E-state index in [1.807, 2.05) is 109 Å². The van der Waals surface area contributed by atoms with Crippen LogP contribution in [-0.4, -0.2) is 79.7 Å². The molecule has 135 heavy (non-hydrogen) atoms. The number of benzene rings is 8. The van der Waals surface area contributed by atoms with Crippen LogP contribution < -0.4 is 0 Å². The number of rotatable bonds is 15. The number of aromatic nitrogens is 16. The van der Waals surface area contributed by atoms with Gasteiger partial charge in [-0.25, -0.2) is 64.8 Å². The van der Waals surface area contributed by atoms with Gasteiger partial charge >= 0.3 is 0 Å². The van der Waals surface area contributed by atoms with Gasteiger partial charge in [0.1, 0.15) is 17.1 Å². The Morgan fingerprint density at radius 3 is 0.607 bits per heavy atom. The minimum Gasteiger partial charge on any atom is -0.261 e. The fourth-order valence-electron chi connectivity index (χ4n) is 14.6. The van der Waals surface area contributed by atoms with Gasteiger partial charge in [0.2, 0.25) is 0 Å². The van der Waals surface area contributed by atoms with E-state index < -0.39 is 0 Å². The average molecular weight is 1760 g/mol. The maximum absolute atomic E-state index is 4.95. The molecule has 0 aliphatic carbocycles. The summed E-state index contributed by atoms with van der Waals surface area (Å²) in [6, 6.07) is 101. The molecule has 0 spiro atoms. The zero-order valence-corrected chi connectivity index (χ0v) is 78.7. The van der Waals surface area contributed by atoms with E-state index in [0.29, 0.717) is 40.4 Å². The Labute approximate surface area is 791 Å². The molecule has 12 heterocycles. The molecular weight excluding hydrogens is 1650 g/mol. The summed E-state index contributed by atoms with van der Waals surface area (Å²) in [6.45, 7) is 30.7. The minimum absolute atomic E-state index is 0.586. The maximum Gasteiger partial charge on any atom is 0.178 e.